The van der Waals surface area contributed by atoms with E-state index in [-0.39, 0.29) is 11.9 Å². The summed E-state index contributed by atoms with van der Waals surface area (Å²) in [6.07, 6.45) is 1.66. The van der Waals surface area contributed by atoms with Crippen LogP contribution >= 0.6 is 23.1 Å². The van der Waals surface area contributed by atoms with Crippen LogP contribution in [0.15, 0.2) is 38.6 Å². The molecule has 0 unspecified atom stereocenters. The SMILES string of the molecule is Cc1csc(SCC(=O)N[C@@H](C)c2nc(-c3ccccn3)no2)n1. The van der Waals surface area contributed by atoms with Crippen LogP contribution in [0.5, 0.6) is 0 Å². The number of carbonyl (C=O) groups is 1. The number of nitrogens with zero attached hydrogens (tertiary/aromatic N) is 4. The fourth-order valence-corrected chi connectivity index (χ4v) is 3.54. The number of carbonyl (C=O) groups excluding carboxylic acids is 1. The van der Waals surface area contributed by atoms with E-state index < -0.39 is 0 Å². The van der Waals surface area contributed by atoms with Gasteiger partial charge in [-0.25, -0.2) is 4.98 Å². The molecule has 7 nitrogen and oxygen atoms in total. The summed E-state index contributed by atoms with van der Waals surface area (Å²) < 4.78 is 6.10. The molecule has 1 amide bonds. The number of aryl methyl sites for hydroxylation is 1. The van der Waals surface area contributed by atoms with Crippen molar-refractivity contribution < 1.29 is 9.32 Å². The fourth-order valence-electron chi connectivity index (χ4n) is 1.88. The first-order valence-electron chi connectivity index (χ1n) is 7.21. The van der Waals surface area contributed by atoms with Gasteiger partial charge in [-0.1, -0.05) is 23.0 Å². The lowest BCUT2D eigenvalue weighted by Gasteiger charge is -2.08. The number of hydrogen-bond donors (Lipinski definition) is 1. The van der Waals surface area contributed by atoms with Gasteiger partial charge in [0.25, 0.3) is 0 Å². The van der Waals surface area contributed by atoms with Crippen LogP contribution in [0, 0.1) is 6.92 Å². The number of pyridine rings is 1. The van der Waals surface area contributed by atoms with Crippen LogP contribution in [0.2, 0.25) is 0 Å². The largest absolute Gasteiger partial charge is 0.344 e. The lowest BCUT2D eigenvalue weighted by atomic mass is 10.3. The Labute approximate surface area is 146 Å². The molecular weight excluding hydrogens is 346 g/mol. The highest BCUT2D eigenvalue weighted by molar-refractivity contribution is 8.01. The molecule has 3 aromatic rings. The summed E-state index contributed by atoms with van der Waals surface area (Å²) in [4.78, 5) is 24.8. The molecule has 3 rings (SSSR count). The third-order valence-electron chi connectivity index (χ3n) is 3.01. The Bertz CT molecular complexity index is 818. The lowest BCUT2D eigenvalue weighted by Crippen LogP contribution is -2.28. The molecule has 24 heavy (non-hydrogen) atoms. The molecule has 0 radical (unpaired) electrons. The molecule has 1 atom stereocenters. The zero-order valence-corrected chi connectivity index (χ0v) is 14.7. The molecule has 0 bridgehead atoms. The van der Waals surface area contributed by atoms with E-state index in [1.54, 1.807) is 19.2 Å². The van der Waals surface area contributed by atoms with Crippen LogP contribution in [0.25, 0.3) is 11.5 Å². The molecule has 0 fully saturated rings. The molecule has 0 aliphatic carbocycles. The third-order valence-corrected chi connectivity index (χ3v) is 5.15. The number of nitrogens with one attached hydrogen (secondary N) is 1. The second kappa shape index (κ2) is 7.54. The Morgan fingerprint density at radius 3 is 3.00 bits per heavy atom. The molecule has 0 saturated carbocycles. The molecule has 0 saturated heterocycles. The van der Waals surface area contributed by atoms with Gasteiger partial charge in [0.05, 0.1) is 5.75 Å². The summed E-state index contributed by atoms with van der Waals surface area (Å²) in [7, 11) is 0. The van der Waals surface area contributed by atoms with E-state index in [9.17, 15) is 4.79 Å². The average molecular weight is 361 g/mol. The maximum Gasteiger partial charge on any atom is 0.249 e. The first kappa shape index (κ1) is 16.6. The molecular formula is C15H15N5O2S2. The zero-order chi connectivity index (χ0) is 16.9. The second-order valence-corrected chi connectivity index (χ2v) is 7.08. The van der Waals surface area contributed by atoms with E-state index >= 15 is 0 Å². The molecule has 0 spiro atoms. The van der Waals surface area contributed by atoms with E-state index in [0.29, 0.717) is 23.2 Å². The standard InChI is InChI=1S/C15H15N5O2S2/c1-9-7-23-15(17-9)24-8-12(21)18-10(2)14-19-13(20-22-14)11-5-3-4-6-16-11/h3-7,10H,8H2,1-2H3,(H,18,21)/t10-/m0/s1. The Balaban J connectivity index is 1.55. The Kier molecular flexibility index (Phi) is 5.21. The predicted octanol–water partition coefficient (Wildman–Crippen LogP) is 2.87. The van der Waals surface area contributed by atoms with Gasteiger partial charge in [-0.2, -0.15) is 4.98 Å². The van der Waals surface area contributed by atoms with Crippen molar-refractivity contribution in [2.75, 3.05) is 5.75 Å². The molecule has 0 aromatic carbocycles. The van der Waals surface area contributed by atoms with Crippen molar-refractivity contribution in [3.05, 3.63) is 41.4 Å². The van der Waals surface area contributed by atoms with Crippen molar-refractivity contribution in [2.45, 2.75) is 24.2 Å². The van der Waals surface area contributed by atoms with Gasteiger partial charge in [0.2, 0.25) is 17.6 Å². The summed E-state index contributed by atoms with van der Waals surface area (Å²) in [6.45, 7) is 3.73. The van der Waals surface area contributed by atoms with E-state index in [0.717, 1.165) is 10.0 Å². The minimum atomic E-state index is -0.374. The van der Waals surface area contributed by atoms with Crippen LogP contribution < -0.4 is 5.32 Å². The predicted molar refractivity (Wildman–Crippen MR) is 91.7 cm³/mol. The third kappa shape index (κ3) is 4.18. The minimum absolute atomic E-state index is 0.113. The van der Waals surface area contributed by atoms with Crippen molar-refractivity contribution >= 4 is 29.0 Å². The minimum Gasteiger partial charge on any atom is -0.344 e. The number of hydrogen-bond acceptors (Lipinski definition) is 8. The summed E-state index contributed by atoms with van der Waals surface area (Å²) in [5, 5.41) is 8.69. The highest BCUT2D eigenvalue weighted by Crippen LogP contribution is 2.22. The van der Waals surface area contributed by atoms with E-state index in [4.69, 9.17) is 4.52 Å². The van der Waals surface area contributed by atoms with Crippen LogP contribution in [-0.2, 0) is 4.79 Å². The van der Waals surface area contributed by atoms with Gasteiger partial charge in [0.15, 0.2) is 4.34 Å². The fraction of sp³-hybridized carbons (Fsp3) is 0.267. The van der Waals surface area contributed by atoms with Gasteiger partial charge < -0.3 is 9.84 Å². The number of rotatable bonds is 6. The van der Waals surface area contributed by atoms with Gasteiger partial charge in [-0.05, 0) is 26.0 Å². The Morgan fingerprint density at radius 1 is 1.42 bits per heavy atom. The topological polar surface area (TPSA) is 93.8 Å². The van der Waals surface area contributed by atoms with Crippen LogP contribution in [0.1, 0.15) is 24.6 Å². The molecule has 124 valence electrons. The maximum atomic E-state index is 12.0. The monoisotopic (exact) mass is 361 g/mol. The van der Waals surface area contributed by atoms with E-state index in [2.05, 4.69) is 25.4 Å². The van der Waals surface area contributed by atoms with E-state index in [1.165, 1.54) is 23.1 Å². The highest BCUT2D eigenvalue weighted by atomic mass is 32.2. The Morgan fingerprint density at radius 2 is 2.29 bits per heavy atom. The molecule has 0 aliphatic heterocycles. The number of amides is 1. The molecule has 3 heterocycles. The van der Waals surface area contributed by atoms with Gasteiger partial charge in [-0.15, -0.1) is 11.3 Å². The van der Waals surface area contributed by atoms with Crippen molar-refractivity contribution in [1.82, 2.24) is 25.4 Å². The summed E-state index contributed by atoms with van der Waals surface area (Å²) in [6, 6.07) is 5.08. The summed E-state index contributed by atoms with van der Waals surface area (Å²) in [5.74, 6) is 0.926. The molecule has 3 aromatic heterocycles. The number of thioether (sulfide) groups is 1. The van der Waals surface area contributed by atoms with Gasteiger partial charge >= 0.3 is 0 Å². The summed E-state index contributed by atoms with van der Waals surface area (Å²) in [5.41, 5.74) is 1.59. The first-order chi connectivity index (χ1) is 11.6. The Hall–Kier alpha value is -2.26. The van der Waals surface area contributed by atoms with E-state index in [1.807, 2.05) is 24.4 Å². The van der Waals surface area contributed by atoms with Crippen LogP contribution in [-0.4, -0.2) is 31.8 Å². The van der Waals surface area contributed by atoms with Gasteiger partial charge in [-0.3, -0.25) is 9.78 Å². The molecule has 9 heteroatoms. The van der Waals surface area contributed by atoms with Gasteiger partial charge in [0.1, 0.15) is 11.7 Å². The number of aromatic nitrogens is 4. The normalized spacial score (nSPS) is 12.1. The van der Waals surface area contributed by atoms with Crippen molar-refractivity contribution in [2.24, 2.45) is 0 Å². The first-order valence-corrected chi connectivity index (χ1v) is 9.07. The van der Waals surface area contributed by atoms with Crippen molar-refractivity contribution in [3.63, 3.8) is 0 Å². The van der Waals surface area contributed by atoms with Gasteiger partial charge in [0, 0.05) is 17.3 Å². The molecule has 1 N–H and O–H groups in total. The van der Waals surface area contributed by atoms with Crippen molar-refractivity contribution in [3.8, 4) is 11.5 Å². The maximum absolute atomic E-state index is 12.0. The summed E-state index contributed by atoms with van der Waals surface area (Å²) >= 11 is 2.94. The quantitative estimate of drug-likeness (QED) is 0.675. The van der Waals surface area contributed by atoms with Crippen LogP contribution in [0.4, 0.5) is 0 Å². The highest BCUT2D eigenvalue weighted by Gasteiger charge is 2.18. The van der Waals surface area contributed by atoms with Crippen molar-refractivity contribution in [1.29, 1.82) is 0 Å². The second-order valence-electron chi connectivity index (χ2n) is 5.00. The lowest BCUT2D eigenvalue weighted by molar-refractivity contribution is -0.119. The van der Waals surface area contributed by atoms with Crippen LogP contribution in [0.3, 0.4) is 0 Å². The zero-order valence-electron chi connectivity index (χ0n) is 13.1. The average Bonchev–Trinajstić information content (AvgIpc) is 3.23. The number of thiazole rings is 1. The molecule has 0 aliphatic rings. The smallest absolute Gasteiger partial charge is 0.249 e.